The first-order valence-electron chi connectivity index (χ1n) is 8.89. The summed E-state index contributed by atoms with van der Waals surface area (Å²) in [5.74, 6) is 0.518. The number of aliphatic carboxylic acids is 1. The maximum atomic E-state index is 11.0. The van der Waals surface area contributed by atoms with Gasteiger partial charge in [-0.2, -0.15) is 5.26 Å². The zero-order valence-corrected chi connectivity index (χ0v) is 15.4. The third-order valence-corrected chi connectivity index (χ3v) is 6.48. The van der Waals surface area contributed by atoms with Crippen molar-refractivity contribution >= 4 is 28.5 Å². The summed E-state index contributed by atoms with van der Waals surface area (Å²) in [4.78, 5) is 16.4. The van der Waals surface area contributed by atoms with Gasteiger partial charge in [-0.3, -0.25) is 9.78 Å². The van der Waals surface area contributed by atoms with Gasteiger partial charge in [0, 0.05) is 34.0 Å². The van der Waals surface area contributed by atoms with E-state index in [9.17, 15) is 10.1 Å². The van der Waals surface area contributed by atoms with Crippen LogP contribution in [0.15, 0.2) is 59.8 Å². The summed E-state index contributed by atoms with van der Waals surface area (Å²) in [6.07, 6.45) is 5.20. The van der Waals surface area contributed by atoms with Crippen LogP contribution in [0.5, 0.6) is 0 Å². The summed E-state index contributed by atoms with van der Waals surface area (Å²) in [6, 6.07) is 16.1. The van der Waals surface area contributed by atoms with Crippen molar-refractivity contribution in [2.75, 3.05) is 5.75 Å². The fraction of sp³-hybridized carbons (Fsp3) is 0.227. The molecule has 4 rings (SSSR count). The lowest BCUT2D eigenvalue weighted by molar-refractivity contribution is -0.145. The van der Waals surface area contributed by atoms with Crippen LogP contribution in [-0.4, -0.2) is 21.8 Å². The molecule has 0 unspecified atom stereocenters. The molecule has 1 aliphatic rings. The molecular formula is C22H18N2O2S. The molecule has 3 aromatic rings. The molecule has 0 aliphatic heterocycles. The molecule has 1 saturated carbocycles. The Bertz CT molecular complexity index is 1050. The van der Waals surface area contributed by atoms with Gasteiger partial charge >= 0.3 is 5.97 Å². The fourth-order valence-corrected chi connectivity index (χ4v) is 4.78. The second kappa shape index (κ2) is 7.42. The number of rotatable bonds is 5. The van der Waals surface area contributed by atoms with Crippen LogP contribution in [0, 0.1) is 23.2 Å². The van der Waals surface area contributed by atoms with Crippen LogP contribution >= 0.6 is 11.8 Å². The van der Waals surface area contributed by atoms with Gasteiger partial charge in [-0.05, 0) is 41.8 Å². The molecule has 4 nitrogen and oxygen atoms in total. The molecule has 27 heavy (non-hydrogen) atoms. The second-order valence-electron chi connectivity index (χ2n) is 6.87. The molecular weight excluding hydrogens is 356 g/mol. The van der Waals surface area contributed by atoms with Crippen molar-refractivity contribution in [1.82, 2.24) is 4.98 Å². The number of hydrogen-bond donors (Lipinski definition) is 1. The molecule has 134 valence electrons. The quantitative estimate of drug-likeness (QED) is 0.638. The van der Waals surface area contributed by atoms with Gasteiger partial charge in [-0.1, -0.05) is 30.3 Å². The van der Waals surface area contributed by atoms with E-state index in [1.165, 1.54) is 0 Å². The number of nitrogens with zero attached hydrogens (tertiary/aromatic N) is 2. The molecule has 0 amide bonds. The predicted octanol–water partition coefficient (Wildman–Crippen LogP) is 4.98. The first-order chi connectivity index (χ1) is 13.2. The topological polar surface area (TPSA) is 74.0 Å². The highest BCUT2D eigenvalue weighted by Gasteiger charge is 2.34. The number of thioether (sulfide) groups is 1. The molecule has 1 N–H and O–H groups in total. The van der Waals surface area contributed by atoms with Gasteiger partial charge < -0.3 is 5.11 Å². The van der Waals surface area contributed by atoms with Crippen molar-refractivity contribution in [1.29, 1.82) is 5.26 Å². The molecule has 0 saturated heterocycles. The molecule has 0 spiro atoms. The number of carbonyl (C=O) groups is 1. The third kappa shape index (κ3) is 3.41. The number of fused-ring (bicyclic) bond motifs is 1. The van der Waals surface area contributed by atoms with Crippen molar-refractivity contribution in [3.63, 3.8) is 0 Å². The number of benzene rings is 2. The van der Waals surface area contributed by atoms with Gasteiger partial charge in [0.2, 0.25) is 0 Å². The molecule has 1 heterocycles. The Morgan fingerprint density at radius 1 is 1.15 bits per heavy atom. The number of aromatic nitrogens is 1. The zero-order valence-electron chi connectivity index (χ0n) is 14.6. The fourth-order valence-electron chi connectivity index (χ4n) is 3.62. The van der Waals surface area contributed by atoms with Gasteiger partial charge in [0.15, 0.2) is 0 Å². The van der Waals surface area contributed by atoms with Crippen LogP contribution in [0.2, 0.25) is 0 Å². The van der Waals surface area contributed by atoms with Crippen LogP contribution in [0.4, 0.5) is 0 Å². The molecule has 1 aliphatic carbocycles. The van der Waals surface area contributed by atoms with E-state index in [0.717, 1.165) is 45.4 Å². The Balaban J connectivity index is 1.63. The van der Waals surface area contributed by atoms with Crippen LogP contribution < -0.4 is 0 Å². The second-order valence-corrected chi connectivity index (χ2v) is 7.94. The number of carboxylic acids is 1. The summed E-state index contributed by atoms with van der Waals surface area (Å²) in [6.45, 7) is 0. The normalized spacial score (nSPS) is 18.6. The standard InChI is InChI=1S/C22H18N2O2S/c23-11-15-5-6-19(18-4-2-1-3-17(15)18)20-12-24-8-7-21(20)27-13-14-9-16(10-14)22(25)26/h1-8,12,14,16H,9-10,13H2,(H,25,26)/t14-,16+. The van der Waals surface area contributed by atoms with E-state index < -0.39 is 5.97 Å². The minimum Gasteiger partial charge on any atom is -0.481 e. The van der Waals surface area contributed by atoms with Crippen molar-refractivity contribution < 1.29 is 9.90 Å². The molecule has 5 heteroatoms. The summed E-state index contributed by atoms with van der Waals surface area (Å²) >= 11 is 1.76. The van der Waals surface area contributed by atoms with Crippen LogP contribution in [0.25, 0.3) is 21.9 Å². The van der Waals surface area contributed by atoms with Gasteiger partial charge in [0.1, 0.15) is 0 Å². The summed E-state index contributed by atoms with van der Waals surface area (Å²) in [5.41, 5.74) is 2.79. The highest BCUT2D eigenvalue weighted by atomic mass is 32.2. The lowest BCUT2D eigenvalue weighted by Gasteiger charge is -2.32. The van der Waals surface area contributed by atoms with E-state index in [1.54, 1.807) is 18.0 Å². The summed E-state index contributed by atoms with van der Waals surface area (Å²) < 4.78 is 0. The van der Waals surface area contributed by atoms with Crippen molar-refractivity contribution in [3.05, 3.63) is 60.4 Å². The van der Waals surface area contributed by atoms with E-state index in [2.05, 4.69) is 11.1 Å². The van der Waals surface area contributed by atoms with Crippen molar-refractivity contribution in [2.45, 2.75) is 17.7 Å². The van der Waals surface area contributed by atoms with Gasteiger partial charge in [0.25, 0.3) is 0 Å². The lowest BCUT2D eigenvalue weighted by Crippen LogP contribution is -2.31. The number of pyridine rings is 1. The average Bonchev–Trinajstić information content (AvgIpc) is 2.66. The van der Waals surface area contributed by atoms with E-state index in [4.69, 9.17) is 5.11 Å². The lowest BCUT2D eigenvalue weighted by atomic mass is 9.76. The van der Waals surface area contributed by atoms with Gasteiger partial charge in [-0.25, -0.2) is 0 Å². The van der Waals surface area contributed by atoms with E-state index in [1.807, 2.05) is 48.7 Å². The van der Waals surface area contributed by atoms with E-state index in [0.29, 0.717) is 11.5 Å². The molecule has 0 atom stereocenters. The smallest absolute Gasteiger partial charge is 0.306 e. The predicted molar refractivity (Wildman–Crippen MR) is 106 cm³/mol. The minimum absolute atomic E-state index is 0.171. The maximum absolute atomic E-state index is 11.0. The third-order valence-electron chi connectivity index (χ3n) is 5.18. The Kier molecular flexibility index (Phi) is 4.83. The van der Waals surface area contributed by atoms with Crippen molar-refractivity contribution in [3.8, 4) is 17.2 Å². The minimum atomic E-state index is -0.676. The van der Waals surface area contributed by atoms with Gasteiger partial charge in [-0.15, -0.1) is 11.8 Å². The number of carboxylic acid groups (broad SMARTS) is 1. The Hall–Kier alpha value is -2.84. The summed E-state index contributed by atoms with van der Waals surface area (Å²) in [7, 11) is 0. The van der Waals surface area contributed by atoms with Crippen LogP contribution in [-0.2, 0) is 4.79 Å². The van der Waals surface area contributed by atoms with Crippen molar-refractivity contribution in [2.24, 2.45) is 11.8 Å². The summed E-state index contributed by atoms with van der Waals surface area (Å²) in [5, 5.41) is 20.4. The van der Waals surface area contributed by atoms with Crippen LogP contribution in [0.1, 0.15) is 18.4 Å². The Morgan fingerprint density at radius 3 is 2.67 bits per heavy atom. The molecule has 0 bridgehead atoms. The highest BCUT2D eigenvalue weighted by molar-refractivity contribution is 7.99. The Morgan fingerprint density at radius 2 is 1.93 bits per heavy atom. The largest absolute Gasteiger partial charge is 0.481 e. The molecule has 2 aromatic carbocycles. The Labute approximate surface area is 161 Å². The molecule has 0 radical (unpaired) electrons. The monoisotopic (exact) mass is 374 g/mol. The van der Waals surface area contributed by atoms with E-state index >= 15 is 0 Å². The number of nitriles is 1. The van der Waals surface area contributed by atoms with E-state index in [-0.39, 0.29) is 5.92 Å². The van der Waals surface area contributed by atoms with Crippen LogP contribution in [0.3, 0.4) is 0 Å². The molecule has 1 aromatic heterocycles. The number of hydrogen-bond acceptors (Lipinski definition) is 4. The SMILES string of the molecule is N#Cc1ccc(-c2cnccc2SC[C@H]2C[C@@H](C(=O)O)C2)c2ccccc12. The molecule has 1 fully saturated rings. The highest BCUT2D eigenvalue weighted by Crippen LogP contribution is 2.41. The maximum Gasteiger partial charge on any atom is 0.306 e. The first-order valence-corrected chi connectivity index (χ1v) is 9.87. The first kappa shape index (κ1) is 17.6. The average molecular weight is 374 g/mol. The van der Waals surface area contributed by atoms with Gasteiger partial charge in [0.05, 0.1) is 17.6 Å². The zero-order chi connectivity index (χ0) is 18.8.